The highest BCUT2D eigenvalue weighted by molar-refractivity contribution is 7.92. The molecule has 0 unspecified atom stereocenters. The summed E-state index contributed by atoms with van der Waals surface area (Å²) in [6.07, 6.45) is 0.250. The number of hydrogen-bond acceptors (Lipinski definition) is 5. The minimum Gasteiger partial charge on any atom is -0.457 e. The highest BCUT2D eigenvalue weighted by atomic mass is 32.2. The van der Waals surface area contributed by atoms with Gasteiger partial charge in [-0.2, -0.15) is 0 Å². The van der Waals surface area contributed by atoms with Crippen molar-refractivity contribution in [2.75, 3.05) is 17.4 Å². The second-order valence-electron chi connectivity index (χ2n) is 12.6. The third-order valence-electron chi connectivity index (χ3n) is 8.14. The van der Waals surface area contributed by atoms with Crippen molar-refractivity contribution in [2.45, 2.75) is 44.7 Å². The van der Waals surface area contributed by atoms with Gasteiger partial charge in [0, 0.05) is 19.5 Å². The Morgan fingerprint density at radius 2 is 1.24 bits per heavy atom. The third kappa shape index (κ3) is 9.60. The number of amides is 2. The van der Waals surface area contributed by atoms with Crippen LogP contribution in [0.5, 0.6) is 11.5 Å². The zero-order valence-electron chi connectivity index (χ0n) is 28.6. The van der Waals surface area contributed by atoms with Crippen molar-refractivity contribution in [1.82, 2.24) is 10.2 Å². The molecule has 0 fully saturated rings. The molecule has 9 heteroatoms. The number of carbonyl (C=O) groups excluding carboxylic acids is 2. The summed E-state index contributed by atoms with van der Waals surface area (Å²) in [7, 11) is -4.23. The molecule has 0 heterocycles. The Hall–Kier alpha value is -5.41. The van der Waals surface area contributed by atoms with Crippen molar-refractivity contribution in [3.63, 3.8) is 0 Å². The number of hydrogen-bond donors (Lipinski definition) is 1. The molecule has 0 aliphatic rings. The fraction of sp³-hybridized carbons (Fsp3) is 0.220. The van der Waals surface area contributed by atoms with Crippen LogP contribution >= 0.6 is 0 Å². The first kappa shape index (κ1) is 35.9. The number of nitrogens with one attached hydrogen (secondary N) is 1. The number of para-hydroxylation sites is 1. The molecule has 1 atom stereocenters. The Kier molecular flexibility index (Phi) is 12.1. The maximum Gasteiger partial charge on any atom is 0.264 e. The average Bonchev–Trinajstić information content (AvgIpc) is 3.13. The van der Waals surface area contributed by atoms with Crippen LogP contribution in [0, 0.1) is 12.8 Å². The lowest BCUT2D eigenvalue weighted by Crippen LogP contribution is -2.53. The lowest BCUT2D eigenvalue weighted by atomic mass is 10.0. The lowest BCUT2D eigenvalue weighted by molar-refractivity contribution is -0.140. The summed E-state index contributed by atoms with van der Waals surface area (Å²) < 4.78 is 35.8. The Balaban J connectivity index is 1.54. The van der Waals surface area contributed by atoms with Crippen molar-refractivity contribution in [1.29, 1.82) is 0 Å². The summed E-state index contributed by atoms with van der Waals surface area (Å²) in [5, 5.41) is 3.02. The molecule has 0 saturated carbocycles. The van der Waals surface area contributed by atoms with Crippen molar-refractivity contribution < 1.29 is 22.7 Å². The smallest absolute Gasteiger partial charge is 0.264 e. The molecule has 0 bridgehead atoms. The first-order valence-corrected chi connectivity index (χ1v) is 18.1. The largest absolute Gasteiger partial charge is 0.457 e. The van der Waals surface area contributed by atoms with Crippen LogP contribution in [0.3, 0.4) is 0 Å². The van der Waals surface area contributed by atoms with Gasteiger partial charge in [0.1, 0.15) is 24.1 Å². The van der Waals surface area contributed by atoms with E-state index in [9.17, 15) is 18.0 Å². The highest BCUT2D eigenvalue weighted by Crippen LogP contribution is 2.29. The zero-order chi connectivity index (χ0) is 35.5. The van der Waals surface area contributed by atoms with E-state index in [4.69, 9.17) is 4.74 Å². The van der Waals surface area contributed by atoms with Gasteiger partial charge < -0.3 is 15.0 Å². The summed E-state index contributed by atoms with van der Waals surface area (Å²) in [4.78, 5) is 30.1. The first-order valence-electron chi connectivity index (χ1n) is 16.7. The van der Waals surface area contributed by atoms with E-state index in [0.717, 1.165) is 21.0 Å². The van der Waals surface area contributed by atoms with Crippen LogP contribution in [-0.4, -0.2) is 44.3 Å². The average molecular weight is 690 g/mol. The van der Waals surface area contributed by atoms with Gasteiger partial charge in [0.25, 0.3) is 10.0 Å². The van der Waals surface area contributed by atoms with Crippen molar-refractivity contribution in [3.05, 3.63) is 156 Å². The second-order valence-corrected chi connectivity index (χ2v) is 14.4. The molecule has 5 aromatic rings. The van der Waals surface area contributed by atoms with Gasteiger partial charge >= 0.3 is 0 Å². The lowest BCUT2D eigenvalue weighted by Gasteiger charge is -2.34. The number of carbonyl (C=O) groups is 2. The van der Waals surface area contributed by atoms with Crippen LogP contribution in [0.25, 0.3) is 0 Å². The number of sulfonamides is 1. The van der Waals surface area contributed by atoms with Gasteiger partial charge in [-0.05, 0) is 72.5 Å². The molecular formula is C41H43N3O5S. The SMILES string of the molecule is Cc1ccc(S(=O)(=O)N(CC(=O)N(Cc2ccccc2)[C@H](Cc2ccccc2)C(=O)NCC(C)C)c2ccc(Oc3ccccc3)cc2)cc1. The number of anilines is 1. The monoisotopic (exact) mass is 689 g/mol. The molecule has 2 amide bonds. The van der Waals surface area contributed by atoms with Crippen LogP contribution < -0.4 is 14.4 Å². The fourth-order valence-electron chi connectivity index (χ4n) is 5.43. The molecule has 8 nitrogen and oxygen atoms in total. The van der Waals surface area contributed by atoms with E-state index in [2.05, 4.69) is 5.32 Å². The molecule has 0 aliphatic carbocycles. The highest BCUT2D eigenvalue weighted by Gasteiger charge is 2.34. The van der Waals surface area contributed by atoms with Gasteiger partial charge in [0.05, 0.1) is 10.6 Å². The van der Waals surface area contributed by atoms with E-state index < -0.39 is 28.5 Å². The molecule has 0 aliphatic heterocycles. The van der Waals surface area contributed by atoms with E-state index in [0.29, 0.717) is 18.0 Å². The zero-order valence-corrected chi connectivity index (χ0v) is 29.4. The van der Waals surface area contributed by atoms with Crippen molar-refractivity contribution in [2.24, 2.45) is 5.92 Å². The number of benzene rings is 5. The molecule has 5 aromatic carbocycles. The number of aryl methyl sites for hydroxylation is 1. The standard InChI is InChI=1S/C41H43N3O5S/c1-31(2)28-42-41(46)39(27-33-13-7-4-8-14-33)43(29-34-15-9-5-10-16-34)40(45)30-44(50(47,48)38-25-19-32(3)20-26-38)35-21-23-37(24-22-35)49-36-17-11-6-12-18-36/h4-26,31,39H,27-30H2,1-3H3,(H,42,46)/t39-/m1/s1. The molecule has 50 heavy (non-hydrogen) atoms. The Morgan fingerprint density at radius 1 is 0.700 bits per heavy atom. The van der Waals surface area contributed by atoms with E-state index in [1.54, 1.807) is 36.4 Å². The molecule has 0 spiro atoms. The molecule has 0 radical (unpaired) electrons. The first-order chi connectivity index (χ1) is 24.1. The summed E-state index contributed by atoms with van der Waals surface area (Å²) in [5.41, 5.74) is 2.87. The van der Waals surface area contributed by atoms with Crippen LogP contribution in [0.2, 0.25) is 0 Å². The van der Waals surface area contributed by atoms with Gasteiger partial charge in [0.2, 0.25) is 11.8 Å². The van der Waals surface area contributed by atoms with Crippen molar-refractivity contribution >= 4 is 27.5 Å². The van der Waals surface area contributed by atoms with E-state index in [1.807, 2.05) is 112 Å². The Bertz CT molecular complexity index is 1940. The molecule has 1 N–H and O–H groups in total. The number of rotatable bonds is 15. The maximum absolute atomic E-state index is 14.7. The van der Waals surface area contributed by atoms with Gasteiger partial charge in [-0.15, -0.1) is 0 Å². The van der Waals surface area contributed by atoms with Gasteiger partial charge in [0.15, 0.2) is 0 Å². The Labute approximate surface area is 295 Å². The normalized spacial score (nSPS) is 11.8. The summed E-state index contributed by atoms with van der Waals surface area (Å²) in [5.74, 6) is 0.515. The summed E-state index contributed by atoms with van der Waals surface area (Å²) >= 11 is 0. The van der Waals surface area contributed by atoms with E-state index in [-0.39, 0.29) is 35.4 Å². The predicted octanol–water partition coefficient (Wildman–Crippen LogP) is 7.39. The van der Waals surface area contributed by atoms with Crippen molar-refractivity contribution in [3.8, 4) is 11.5 Å². The summed E-state index contributed by atoms with van der Waals surface area (Å²) in [6, 6.07) is 40.4. The van der Waals surface area contributed by atoms with E-state index >= 15 is 0 Å². The topological polar surface area (TPSA) is 96.0 Å². The van der Waals surface area contributed by atoms with Crippen LogP contribution in [0.1, 0.15) is 30.5 Å². The van der Waals surface area contributed by atoms with Crippen LogP contribution in [0.15, 0.2) is 144 Å². The minimum absolute atomic E-state index is 0.0469. The molecular weight excluding hydrogens is 647 g/mol. The fourth-order valence-corrected chi connectivity index (χ4v) is 6.84. The van der Waals surface area contributed by atoms with Crippen LogP contribution in [0.4, 0.5) is 5.69 Å². The number of nitrogens with zero attached hydrogens (tertiary/aromatic N) is 2. The minimum atomic E-state index is -4.23. The van der Waals surface area contributed by atoms with Crippen LogP contribution in [-0.2, 0) is 32.6 Å². The van der Waals surface area contributed by atoms with E-state index in [1.165, 1.54) is 17.0 Å². The molecule has 0 aromatic heterocycles. The maximum atomic E-state index is 14.7. The second kappa shape index (κ2) is 16.8. The third-order valence-corrected chi connectivity index (χ3v) is 9.93. The van der Waals surface area contributed by atoms with Gasteiger partial charge in [-0.1, -0.05) is 110 Å². The predicted molar refractivity (Wildman–Crippen MR) is 197 cm³/mol. The molecule has 258 valence electrons. The van der Waals surface area contributed by atoms with Gasteiger partial charge in [-0.3, -0.25) is 13.9 Å². The van der Waals surface area contributed by atoms with Gasteiger partial charge in [-0.25, -0.2) is 8.42 Å². The summed E-state index contributed by atoms with van der Waals surface area (Å²) in [6.45, 7) is 5.89. The number of ether oxygens (including phenoxy) is 1. The molecule has 0 saturated heterocycles. The Morgan fingerprint density at radius 3 is 1.82 bits per heavy atom. The molecule has 5 rings (SSSR count). The quantitative estimate of drug-likeness (QED) is 0.124.